The fraction of sp³-hybridized carbons (Fsp3) is 0.394. The molecule has 1 fully saturated rings. The Morgan fingerprint density at radius 2 is 1.67 bits per heavy atom. The second-order valence-electron chi connectivity index (χ2n) is 11.1. The first kappa shape index (κ1) is 29.9. The van der Waals surface area contributed by atoms with Crippen molar-refractivity contribution in [3.05, 3.63) is 87.9 Å². The lowest BCUT2D eigenvalue weighted by Gasteiger charge is -2.39. The number of carbonyl (C=O) groups excluding carboxylic acids is 2. The maximum Gasteiger partial charge on any atom is 0.237 e. The number of halogens is 1. The van der Waals surface area contributed by atoms with E-state index in [0.29, 0.717) is 36.2 Å². The normalized spacial score (nSPS) is 18.3. The van der Waals surface area contributed by atoms with Gasteiger partial charge in [0.2, 0.25) is 11.8 Å². The highest BCUT2D eigenvalue weighted by molar-refractivity contribution is 6.30. The Balaban J connectivity index is 1.49. The summed E-state index contributed by atoms with van der Waals surface area (Å²) in [5.41, 5.74) is 4.55. The maximum atomic E-state index is 13.8. The van der Waals surface area contributed by atoms with Gasteiger partial charge in [-0.2, -0.15) is 0 Å². The minimum absolute atomic E-state index is 0.0296. The number of ether oxygens (including phenoxy) is 2. The lowest BCUT2D eigenvalue weighted by atomic mass is 9.86. The zero-order valence-electron chi connectivity index (χ0n) is 24.5. The van der Waals surface area contributed by atoms with Crippen molar-refractivity contribution < 1.29 is 24.2 Å². The molecule has 9 heteroatoms. The van der Waals surface area contributed by atoms with E-state index in [1.165, 1.54) is 0 Å². The summed E-state index contributed by atoms with van der Waals surface area (Å²) in [4.78, 5) is 32.4. The average molecular weight is 592 g/mol. The number of benzene rings is 3. The molecule has 2 heterocycles. The summed E-state index contributed by atoms with van der Waals surface area (Å²) in [5.74, 6) is 1.25. The summed E-state index contributed by atoms with van der Waals surface area (Å²) in [6.07, 6.45) is 0.175. The number of methoxy groups -OCH3 is 1. The van der Waals surface area contributed by atoms with Crippen molar-refractivity contribution in [3.8, 4) is 11.5 Å². The summed E-state index contributed by atoms with van der Waals surface area (Å²) in [7, 11) is 1.60. The van der Waals surface area contributed by atoms with Crippen LogP contribution in [-0.2, 0) is 16.0 Å². The molecule has 0 aromatic heterocycles. The molecule has 0 saturated carbocycles. The van der Waals surface area contributed by atoms with Gasteiger partial charge in [0.25, 0.3) is 0 Å². The molecule has 2 atom stereocenters. The van der Waals surface area contributed by atoms with Crippen LogP contribution in [0.2, 0.25) is 5.02 Å². The Morgan fingerprint density at radius 3 is 2.29 bits per heavy atom. The molecular formula is C33H38ClN3O5. The van der Waals surface area contributed by atoms with Crippen LogP contribution in [0.1, 0.15) is 55.1 Å². The van der Waals surface area contributed by atoms with E-state index in [1.807, 2.05) is 96.1 Å². The summed E-state index contributed by atoms with van der Waals surface area (Å²) in [5, 5.41) is 9.85. The van der Waals surface area contributed by atoms with Crippen molar-refractivity contribution in [2.45, 2.75) is 45.4 Å². The fourth-order valence-corrected chi connectivity index (χ4v) is 6.03. The van der Waals surface area contributed by atoms with Crippen LogP contribution >= 0.6 is 11.6 Å². The number of carbonyl (C=O) groups is 2. The van der Waals surface area contributed by atoms with E-state index in [0.717, 1.165) is 34.5 Å². The van der Waals surface area contributed by atoms with E-state index >= 15 is 0 Å². The highest BCUT2D eigenvalue weighted by Crippen LogP contribution is 2.44. The molecule has 222 valence electrons. The van der Waals surface area contributed by atoms with Gasteiger partial charge in [-0.25, -0.2) is 0 Å². The van der Waals surface area contributed by atoms with Crippen LogP contribution in [0.4, 0.5) is 5.69 Å². The number of rotatable bonds is 9. The van der Waals surface area contributed by atoms with Crippen LogP contribution < -0.4 is 14.4 Å². The van der Waals surface area contributed by atoms with Crippen LogP contribution in [0.15, 0.2) is 60.7 Å². The number of nitrogens with zero attached hydrogens (tertiary/aromatic N) is 3. The maximum absolute atomic E-state index is 13.8. The van der Waals surface area contributed by atoms with Crippen molar-refractivity contribution in [3.63, 3.8) is 0 Å². The number of anilines is 1. The lowest BCUT2D eigenvalue weighted by molar-refractivity contribution is -0.138. The second kappa shape index (κ2) is 12.7. The molecule has 42 heavy (non-hydrogen) atoms. The molecule has 0 radical (unpaired) electrons. The standard InChI is InChI=1S/C33H38ClN3O5/c1-21(2)42-30-19-28-25(17-29(30)41-4)18-31(39)37(33(28)24-5-9-26(34)10-6-24)27-11-7-23(8-12-27)22(3)36-14-13-35(15-16-38)20-32(36)40/h5-12,17,19,21-22,33,38H,13-16,18,20H2,1-4H3/t22-,33+/m1/s1. The number of hydrogen-bond acceptors (Lipinski definition) is 6. The molecule has 2 aliphatic rings. The van der Waals surface area contributed by atoms with Crippen molar-refractivity contribution >= 4 is 29.1 Å². The average Bonchev–Trinajstić information content (AvgIpc) is 2.97. The number of aliphatic hydroxyl groups excluding tert-OH is 1. The van der Waals surface area contributed by atoms with E-state index < -0.39 is 6.04 Å². The largest absolute Gasteiger partial charge is 0.493 e. The molecule has 0 unspecified atom stereocenters. The first-order chi connectivity index (χ1) is 20.2. The third kappa shape index (κ3) is 6.11. The molecule has 2 aliphatic heterocycles. The van der Waals surface area contributed by atoms with Crippen molar-refractivity contribution in [2.24, 2.45) is 0 Å². The van der Waals surface area contributed by atoms with Gasteiger partial charge in [-0.3, -0.25) is 14.5 Å². The molecule has 3 aromatic rings. The van der Waals surface area contributed by atoms with Gasteiger partial charge in [0.05, 0.1) is 44.9 Å². The van der Waals surface area contributed by atoms with Crippen molar-refractivity contribution in [2.75, 3.05) is 44.8 Å². The summed E-state index contributed by atoms with van der Waals surface area (Å²) >= 11 is 6.24. The Labute approximate surface area is 252 Å². The molecule has 5 rings (SSSR count). The molecule has 0 bridgehead atoms. The monoisotopic (exact) mass is 591 g/mol. The molecule has 0 aliphatic carbocycles. The van der Waals surface area contributed by atoms with Crippen LogP contribution in [0, 0.1) is 0 Å². The quantitative estimate of drug-likeness (QED) is 0.377. The number of aliphatic hydroxyl groups is 1. The predicted octanol–water partition coefficient (Wildman–Crippen LogP) is 5.01. The molecule has 8 nitrogen and oxygen atoms in total. The van der Waals surface area contributed by atoms with E-state index in [2.05, 4.69) is 0 Å². The first-order valence-electron chi connectivity index (χ1n) is 14.4. The summed E-state index contributed by atoms with van der Waals surface area (Å²) < 4.78 is 11.7. The van der Waals surface area contributed by atoms with Crippen LogP contribution in [-0.4, -0.2) is 72.7 Å². The van der Waals surface area contributed by atoms with Crippen molar-refractivity contribution in [1.29, 1.82) is 0 Å². The van der Waals surface area contributed by atoms with Crippen LogP contribution in [0.25, 0.3) is 0 Å². The van der Waals surface area contributed by atoms with Gasteiger partial charge in [-0.1, -0.05) is 35.9 Å². The van der Waals surface area contributed by atoms with Crippen LogP contribution in [0.5, 0.6) is 11.5 Å². The van der Waals surface area contributed by atoms with Gasteiger partial charge in [0.1, 0.15) is 0 Å². The SMILES string of the molecule is COc1cc2c(cc1OC(C)C)[C@H](c1ccc(Cl)cc1)N(c1ccc([C@@H](C)N3CCN(CCO)CC3=O)cc1)C(=O)C2. The topological polar surface area (TPSA) is 82.6 Å². The van der Waals surface area contributed by atoms with Crippen molar-refractivity contribution in [1.82, 2.24) is 9.80 Å². The van der Waals surface area contributed by atoms with Crippen LogP contribution in [0.3, 0.4) is 0 Å². The number of fused-ring (bicyclic) bond motifs is 1. The number of piperazine rings is 1. The summed E-state index contributed by atoms with van der Waals surface area (Å²) in [6, 6.07) is 18.9. The number of β-amino-alcohol motifs (C(OH)–C–C–N with tert-alkyl or cyclic N) is 1. The van der Waals surface area contributed by atoms with Gasteiger partial charge in [0.15, 0.2) is 11.5 Å². The zero-order valence-corrected chi connectivity index (χ0v) is 25.3. The molecular weight excluding hydrogens is 554 g/mol. The fourth-order valence-electron chi connectivity index (χ4n) is 5.90. The van der Waals surface area contributed by atoms with E-state index in [4.69, 9.17) is 21.1 Å². The predicted molar refractivity (Wildman–Crippen MR) is 163 cm³/mol. The highest BCUT2D eigenvalue weighted by atomic mass is 35.5. The Hall–Kier alpha value is -3.59. The van der Waals surface area contributed by atoms with E-state index in [-0.39, 0.29) is 37.0 Å². The zero-order chi connectivity index (χ0) is 30.0. The van der Waals surface area contributed by atoms with Gasteiger partial charge in [0, 0.05) is 30.3 Å². The van der Waals surface area contributed by atoms with E-state index in [1.54, 1.807) is 7.11 Å². The Bertz CT molecular complexity index is 1430. The minimum Gasteiger partial charge on any atom is -0.493 e. The Morgan fingerprint density at radius 1 is 0.952 bits per heavy atom. The van der Waals surface area contributed by atoms with Gasteiger partial charge >= 0.3 is 0 Å². The molecule has 1 N–H and O–H groups in total. The smallest absolute Gasteiger partial charge is 0.237 e. The third-order valence-corrected chi connectivity index (χ3v) is 8.26. The van der Waals surface area contributed by atoms with Gasteiger partial charge in [-0.05, 0) is 79.4 Å². The third-order valence-electron chi connectivity index (χ3n) is 8.01. The molecule has 2 amide bonds. The molecule has 1 saturated heterocycles. The number of amides is 2. The summed E-state index contributed by atoms with van der Waals surface area (Å²) in [6.45, 7) is 8.15. The second-order valence-corrected chi connectivity index (χ2v) is 11.6. The number of hydrogen-bond donors (Lipinski definition) is 1. The first-order valence-corrected chi connectivity index (χ1v) is 14.8. The molecule has 3 aromatic carbocycles. The molecule has 0 spiro atoms. The highest BCUT2D eigenvalue weighted by Gasteiger charge is 2.36. The Kier molecular flexibility index (Phi) is 9.06. The van der Waals surface area contributed by atoms with Gasteiger partial charge in [-0.15, -0.1) is 0 Å². The van der Waals surface area contributed by atoms with E-state index in [9.17, 15) is 14.7 Å². The lowest BCUT2D eigenvalue weighted by Crippen LogP contribution is -2.51. The minimum atomic E-state index is -0.400. The van der Waals surface area contributed by atoms with Gasteiger partial charge < -0.3 is 24.4 Å².